The third-order valence-electron chi connectivity index (χ3n) is 4.35. The molecular formula is C23H22Cl3N3O4. The van der Waals surface area contributed by atoms with Crippen molar-refractivity contribution in [2.24, 2.45) is 11.0 Å². The van der Waals surface area contributed by atoms with Gasteiger partial charge in [0.2, 0.25) is 0 Å². The molecular weight excluding hydrogens is 489 g/mol. The smallest absolute Gasteiger partial charge is 0.262 e. The van der Waals surface area contributed by atoms with Crippen LogP contribution in [0.25, 0.3) is 0 Å². The summed E-state index contributed by atoms with van der Waals surface area (Å²) in [6.45, 7) is 3.61. The molecule has 0 heterocycles. The van der Waals surface area contributed by atoms with Gasteiger partial charge in [0.05, 0.1) is 28.9 Å². The van der Waals surface area contributed by atoms with Crippen LogP contribution in [0, 0.1) is 18.3 Å². The summed E-state index contributed by atoms with van der Waals surface area (Å²) in [7, 11) is 1.46. The van der Waals surface area contributed by atoms with Crippen LogP contribution in [0.15, 0.2) is 35.4 Å². The predicted molar refractivity (Wildman–Crippen MR) is 131 cm³/mol. The molecule has 0 saturated heterocycles. The molecule has 174 valence electrons. The predicted octanol–water partition coefficient (Wildman–Crippen LogP) is 4.57. The van der Waals surface area contributed by atoms with Gasteiger partial charge in [0.15, 0.2) is 11.5 Å². The molecule has 0 aromatic heterocycles. The lowest BCUT2D eigenvalue weighted by atomic mass is 10.0. The molecule has 2 aromatic rings. The van der Waals surface area contributed by atoms with Gasteiger partial charge in [-0.3, -0.25) is 9.59 Å². The van der Waals surface area contributed by atoms with Gasteiger partial charge in [-0.2, -0.15) is 5.10 Å². The van der Waals surface area contributed by atoms with E-state index in [9.17, 15) is 9.59 Å². The minimum Gasteiger partial charge on any atom is -0.493 e. The summed E-state index contributed by atoms with van der Waals surface area (Å²) in [4.78, 5) is 25.3. The molecule has 0 aliphatic heterocycles. The number of benzene rings is 2. The number of amides is 2. The molecule has 2 N–H and O–H groups in total. The van der Waals surface area contributed by atoms with E-state index in [1.165, 1.54) is 25.5 Å². The quantitative estimate of drug-likeness (QED) is 0.294. The van der Waals surface area contributed by atoms with Gasteiger partial charge < -0.3 is 14.8 Å². The van der Waals surface area contributed by atoms with Crippen molar-refractivity contribution in [2.45, 2.75) is 19.9 Å². The average molecular weight is 511 g/mol. The number of hydrogen-bond acceptors (Lipinski definition) is 5. The van der Waals surface area contributed by atoms with Crippen LogP contribution in [-0.2, 0) is 4.79 Å². The fraction of sp³-hybridized carbons (Fsp3) is 0.261. The van der Waals surface area contributed by atoms with Crippen LogP contribution in [0.3, 0.4) is 0 Å². The van der Waals surface area contributed by atoms with Gasteiger partial charge in [-0.25, -0.2) is 5.43 Å². The molecule has 0 aliphatic rings. The van der Waals surface area contributed by atoms with Crippen LogP contribution in [0.5, 0.6) is 11.5 Å². The molecule has 33 heavy (non-hydrogen) atoms. The number of nitrogens with zero attached hydrogens (tertiary/aromatic N) is 1. The summed E-state index contributed by atoms with van der Waals surface area (Å²) in [5.74, 6) is 1.78. The van der Waals surface area contributed by atoms with E-state index in [0.29, 0.717) is 22.1 Å². The number of carbonyl (C=O) groups excluding carboxylic acids is 2. The fourth-order valence-electron chi connectivity index (χ4n) is 2.74. The van der Waals surface area contributed by atoms with Gasteiger partial charge in [-0.1, -0.05) is 54.6 Å². The number of hydrazone groups is 1. The Morgan fingerprint density at radius 1 is 1.18 bits per heavy atom. The van der Waals surface area contributed by atoms with Crippen LogP contribution in [0.2, 0.25) is 15.1 Å². The highest BCUT2D eigenvalue weighted by molar-refractivity contribution is 6.36. The van der Waals surface area contributed by atoms with Crippen LogP contribution in [-0.4, -0.2) is 37.8 Å². The largest absolute Gasteiger partial charge is 0.493 e. The zero-order valence-corrected chi connectivity index (χ0v) is 20.4. The Hall–Kier alpha value is -2.92. The second kappa shape index (κ2) is 12.4. The first-order valence-electron chi connectivity index (χ1n) is 9.70. The fourth-order valence-corrected chi connectivity index (χ4v) is 3.50. The highest BCUT2D eigenvalue weighted by atomic mass is 35.5. The van der Waals surface area contributed by atoms with Crippen molar-refractivity contribution >= 4 is 52.8 Å². The maximum absolute atomic E-state index is 12.7. The number of terminal acetylenes is 1. The van der Waals surface area contributed by atoms with E-state index in [1.807, 2.05) is 0 Å². The van der Waals surface area contributed by atoms with Crippen LogP contribution in [0.1, 0.15) is 29.8 Å². The third-order valence-corrected chi connectivity index (χ3v) is 5.18. The first-order valence-corrected chi connectivity index (χ1v) is 10.8. The summed E-state index contributed by atoms with van der Waals surface area (Å²) < 4.78 is 10.7. The lowest BCUT2D eigenvalue weighted by Gasteiger charge is -2.20. The van der Waals surface area contributed by atoms with Gasteiger partial charge in [0.1, 0.15) is 12.6 Å². The van der Waals surface area contributed by atoms with Crippen molar-refractivity contribution < 1.29 is 19.1 Å². The average Bonchev–Trinajstić information content (AvgIpc) is 2.75. The number of hydrogen-bond donors (Lipinski definition) is 2. The molecule has 2 rings (SSSR count). The molecule has 0 bridgehead atoms. The van der Waals surface area contributed by atoms with Gasteiger partial charge in [-0.15, -0.1) is 6.42 Å². The van der Waals surface area contributed by atoms with Crippen molar-refractivity contribution in [3.8, 4) is 23.8 Å². The van der Waals surface area contributed by atoms with Gasteiger partial charge in [0, 0.05) is 5.02 Å². The molecule has 0 aliphatic carbocycles. The second-order valence-corrected chi connectivity index (χ2v) is 8.33. The Balaban J connectivity index is 2.11. The van der Waals surface area contributed by atoms with Gasteiger partial charge >= 0.3 is 0 Å². The van der Waals surface area contributed by atoms with E-state index >= 15 is 0 Å². The molecule has 0 radical (unpaired) electrons. The molecule has 2 aromatic carbocycles. The number of methoxy groups -OCH3 is 1. The standard InChI is InChI=1S/C23H22Cl3N3O4/c1-5-8-33-21-18(26)9-14(10-19(21)32-4)12-27-29-23(31)20(13(2)3)28-22(30)16-7-6-15(24)11-17(16)25/h1,6-7,9-13,20H,8H2,2-4H3,(H,28,30)(H,29,31)/b27-12+. The van der Waals surface area contributed by atoms with Crippen molar-refractivity contribution in [3.63, 3.8) is 0 Å². The summed E-state index contributed by atoms with van der Waals surface area (Å²) in [5.41, 5.74) is 3.17. The number of ether oxygens (including phenoxy) is 2. The molecule has 0 saturated carbocycles. The summed E-state index contributed by atoms with van der Waals surface area (Å²) in [5, 5.41) is 7.47. The minimum absolute atomic E-state index is 0.0309. The lowest BCUT2D eigenvalue weighted by molar-refractivity contribution is -0.123. The van der Waals surface area contributed by atoms with Crippen molar-refractivity contribution in [1.82, 2.24) is 10.7 Å². The highest BCUT2D eigenvalue weighted by Gasteiger charge is 2.25. The molecule has 1 atom stereocenters. The zero-order chi connectivity index (χ0) is 24.5. The normalized spacial score (nSPS) is 11.7. The number of halogens is 3. The summed E-state index contributed by atoms with van der Waals surface area (Å²) >= 11 is 18.2. The van der Waals surface area contributed by atoms with Crippen LogP contribution in [0.4, 0.5) is 0 Å². The Morgan fingerprint density at radius 2 is 1.91 bits per heavy atom. The first-order chi connectivity index (χ1) is 15.7. The van der Waals surface area contributed by atoms with E-state index < -0.39 is 17.9 Å². The Kier molecular flexibility index (Phi) is 9.86. The molecule has 0 fully saturated rings. The number of rotatable bonds is 9. The van der Waals surface area contributed by atoms with Gasteiger partial charge in [0.25, 0.3) is 11.8 Å². The van der Waals surface area contributed by atoms with E-state index in [4.69, 9.17) is 50.7 Å². The summed E-state index contributed by atoms with van der Waals surface area (Å²) in [6.07, 6.45) is 6.59. The molecule has 2 amide bonds. The van der Waals surface area contributed by atoms with E-state index in [0.717, 1.165) is 0 Å². The van der Waals surface area contributed by atoms with Crippen LogP contribution < -0.4 is 20.2 Å². The van der Waals surface area contributed by atoms with Crippen LogP contribution >= 0.6 is 34.8 Å². The molecule has 10 heteroatoms. The third kappa shape index (κ3) is 7.29. The number of carbonyl (C=O) groups is 2. The van der Waals surface area contributed by atoms with E-state index in [2.05, 4.69) is 21.8 Å². The maximum atomic E-state index is 12.7. The van der Waals surface area contributed by atoms with E-state index in [1.54, 1.807) is 32.0 Å². The molecule has 7 nitrogen and oxygen atoms in total. The highest BCUT2D eigenvalue weighted by Crippen LogP contribution is 2.36. The minimum atomic E-state index is -0.862. The van der Waals surface area contributed by atoms with Crippen molar-refractivity contribution in [2.75, 3.05) is 13.7 Å². The Morgan fingerprint density at radius 3 is 2.52 bits per heavy atom. The maximum Gasteiger partial charge on any atom is 0.262 e. The van der Waals surface area contributed by atoms with Gasteiger partial charge in [-0.05, 0) is 41.8 Å². The summed E-state index contributed by atoms with van der Waals surface area (Å²) in [6, 6.07) is 6.82. The SMILES string of the molecule is C#CCOc1c(Cl)cc(/C=N/NC(=O)C(NC(=O)c2ccc(Cl)cc2Cl)C(C)C)cc1OC. The lowest BCUT2D eigenvalue weighted by Crippen LogP contribution is -2.48. The zero-order valence-electron chi connectivity index (χ0n) is 18.1. The molecule has 1 unspecified atom stereocenters. The monoisotopic (exact) mass is 509 g/mol. The number of nitrogens with one attached hydrogen (secondary N) is 2. The Bertz CT molecular complexity index is 1100. The van der Waals surface area contributed by atoms with Crippen molar-refractivity contribution in [3.05, 3.63) is 56.5 Å². The Labute approximate surface area is 207 Å². The topological polar surface area (TPSA) is 89.0 Å². The van der Waals surface area contributed by atoms with Crippen molar-refractivity contribution in [1.29, 1.82) is 0 Å². The molecule has 0 spiro atoms. The second-order valence-electron chi connectivity index (χ2n) is 7.08. The van der Waals surface area contributed by atoms with E-state index in [-0.39, 0.29) is 28.1 Å². The first kappa shape index (κ1) is 26.3.